The molecule has 13 heavy (non-hydrogen) atoms. The number of rotatable bonds is 6. The Balaban J connectivity index is 1.89. The van der Waals surface area contributed by atoms with E-state index in [1.807, 2.05) is 0 Å². The molecule has 1 aliphatic heterocycles. The van der Waals surface area contributed by atoms with E-state index >= 15 is 0 Å². The van der Waals surface area contributed by atoms with Gasteiger partial charge in [-0.05, 0) is 6.42 Å². The highest BCUT2D eigenvalue weighted by atomic mass is 16.7. The first-order valence-corrected chi connectivity index (χ1v) is 5.28. The maximum Gasteiger partial charge on any atom is 0.246 e. The second-order valence-corrected chi connectivity index (χ2v) is 3.49. The summed E-state index contributed by atoms with van der Waals surface area (Å²) in [6.45, 7) is 3.69. The van der Waals surface area contributed by atoms with Gasteiger partial charge in [-0.3, -0.25) is 9.63 Å². The summed E-state index contributed by atoms with van der Waals surface area (Å²) in [7, 11) is 0. The number of unbranched alkanes of at least 4 members (excludes halogenated alkanes) is 4. The van der Waals surface area contributed by atoms with Crippen LogP contribution >= 0.6 is 0 Å². The van der Waals surface area contributed by atoms with Crippen LogP contribution in [0.25, 0.3) is 0 Å². The Bertz CT molecular complexity index is 155. The number of hydroxylamine groups is 2. The maximum atomic E-state index is 11.3. The van der Waals surface area contributed by atoms with E-state index in [9.17, 15) is 4.79 Å². The maximum absolute atomic E-state index is 11.3. The molecule has 3 nitrogen and oxygen atoms in total. The smallest absolute Gasteiger partial charge is 0.246 e. The molecule has 0 aromatic heterocycles. The van der Waals surface area contributed by atoms with Crippen molar-refractivity contribution in [3.8, 4) is 0 Å². The quantitative estimate of drug-likeness (QED) is 0.593. The van der Waals surface area contributed by atoms with E-state index in [2.05, 4.69) is 6.92 Å². The number of amides is 1. The first-order valence-electron chi connectivity index (χ1n) is 5.28. The zero-order chi connectivity index (χ0) is 9.52. The van der Waals surface area contributed by atoms with Crippen LogP contribution in [0.4, 0.5) is 0 Å². The summed E-state index contributed by atoms with van der Waals surface area (Å²) in [6, 6.07) is 0. The number of hydrogen-bond donors (Lipinski definition) is 0. The summed E-state index contributed by atoms with van der Waals surface area (Å²) in [5, 5.41) is 1.47. The van der Waals surface area contributed by atoms with Crippen molar-refractivity contribution in [3.05, 3.63) is 0 Å². The molecule has 0 bridgehead atoms. The molecule has 0 saturated carbocycles. The van der Waals surface area contributed by atoms with Crippen LogP contribution in [0.3, 0.4) is 0 Å². The van der Waals surface area contributed by atoms with E-state index in [0.29, 0.717) is 13.0 Å². The van der Waals surface area contributed by atoms with Gasteiger partial charge in [0.1, 0.15) is 0 Å². The minimum absolute atomic E-state index is 0.155. The second-order valence-electron chi connectivity index (χ2n) is 3.49. The van der Waals surface area contributed by atoms with Crippen LogP contribution in [0, 0.1) is 0 Å². The van der Waals surface area contributed by atoms with Gasteiger partial charge in [-0.15, -0.1) is 0 Å². The Morgan fingerprint density at radius 2 is 2.00 bits per heavy atom. The summed E-state index contributed by atoms with van der Waals surface area (Å²) >= 11 is 0. The van der Waals surface area contributed by atoms with Gasteiger partial charge in [0, 0.05) is 6.42 Å². The predicted octanol–water partition coefficient (Wildman–Crippen LogP) is 2.12. The van der Waals surface area contributed by atoms with Crippen LogP contribution in [-0.2, 0) is 9.63 Å². The molecule has 1 fully saturated rings. The third-order valence-corrected chi connectivity index (χ3v) is 2.31. The summed E-state index contributed by atoms with van der Waals surface area (Å²) < 4.78 is 0. The van der Waals surface area contributed by atoms with Gasteiger partial charge in [0.2, 0.25) is 5.91 Å². The summed E-state index contributed by atoms with van der Waals surface area (Å²) in [5.41, 5.74) is 0. The molecule has 1 amide bonds. The Kier molecular flexibility index (Phi) is 4.83. The first kappa shape index (κ1) is 10.5. The third kappa shape index (κ3) is 3.77. The summed E-state index contributed by atoms with van der Waals surface area (Å²) in [5.74, 6) is 0.155. The summed E-state index contributed by atoms with van der Waals surface area (Å²) in [6.07, 6.45) is 6.64. The topological polar surface area (TPSA) is 29.5 Å². The molecule has 0 aliphatic carbocycles. The van der Waals surface area contributed by atoms with Gasteiger partial charge < -0.3 is 0 Å². The minimum atomic E-state index is 0.155. The molecule has 1 aliphatic rings. The molecular formula is C10H19NO2. The van der Waals surface area contributed by atoms with Crippen LogP contribution in [0.1, 0.15) is 45.4 Å². The van der Waals surface area contributed by atoms with Crippen molar-refractivity contribution in [2.45, 2.75) is 45.4 Å². The van der Waals surface area contributed by atoms with Crippen LogP contribution in [0.15, 0.2) is 0 Å². The van der Waals surface area contributed by atoms with E-state index in [1.165, 1.54) is 30.7 Å². The SMILES string of the molecule is CCCCCCCC(=O)N1CCO1. The monoisotopic (exact) mass is 185 g/mol. The molecule has 1 saturated heterocycles. The molecule has 0 aromatic carbocycles. The minimum Gasteiger partial charge on any atom is -0.273 e. The van der Waals surface area contributed by atoms with Crippen molar-refractivity contribution in [3.63, 3.8) is 0 Å². The van der Waals surface area contributed by atoms with Crippen molar-refractivity contribution in [2.24, 2.45) is 0 Å². The molecule has 1 heterocycles. The highest BCUT2D eigenvalue weighted by Crippen LogP contribution is 2.10. The molecule has 0 aromatic rings. The van der Waals surface area contributed by atoms with Crippen molar-refractivity contribution in [1.29, 1.82) is 0 Å². The Labute approximate surface area is 80.0 Å². The van der Waals surface area contributed by atoms with Gasteiger partial charge in [0.25, 0.3) is 0 Å². The average Bonchev–Trinajstić information content (AvgIpc) is 2.01. The molecule has 1 rings (SSSR count). The van der Waals surface area contributed by atoms with Crippen LogP contribution in [0.2, 0.25) is 0 Å². The van der Waals surface area contributed by atoms with E-state index in [-0.39, 0.29) is 5.91 Å². The van der Waals surface area contributed by atoms with Crippen molar-refractivity contribution in [1.82, 2.24) is 5.06 Å². The fraction of sp³-hybridized carbons (Fsp3) is 0.900. The lowest BCUT2D eigenvalue weighted by Crippen LogP contribution is -2.43. The van der Waals surface area contributed by atoms with Crippen LogP contribution in [0.5, 0.6) is 0 Å². The number of nitrogens with zero attached hydrogens (tertiary/aromatic N) is 1. The standard InChI is InChI=1S/C10H19NO2/c1-2-3-4-5-6-7-10(12)11-8-9-13-11/h2-9H2,1H3. The van der Waals surface area contributed by atoms with Crippen molar-refractivity contribution >= 4 is 5.91 Å². The van der Waals surface area contributed by atoms with Gasteiger partial charge in [-0.1, -0.05) is 32.6 Å². The Hall–Kier alpha value is -0.570. The van der Waals surface area contributed by atoms with Gasteiger partial charge in [-0.25, -0.2) is 5.06 Å². The van der Waals surface area contributed by atoms with Crippen molar-refractivity contribution < 1.29 is 9.63 Å². The first-order chi connectivity index (χ1) is 6.34. The molecule has 3 heteroatoms. The lowest BCUT2D eigenvalue weighted by Gasteiger charge is -2.29. The number of hydrogen-bond acceptors (Lipinski definition) is 2. The molecule has 0 atom stereocenters. The molecule has 0 N–H and O–H groups in total. The molecule has 0 unspecified atom stereocenters. The van der Waals surface area contributed by atoms with Crippen LogP contribution < -0.4 is 0 Å². The average molecular weight is 185 g/mol. The lowest BCUT2D eigenvalue weighted by molar-refractivity contribution is -0.239. The highest BCUT2D eigenvalue weighted by molar-refractivity contribution is 5.75. The van der Waals surface area contributed by atoms with Gasteiger partial charge in [0.05, 0.1) is 13.2 Å². The van der Waals surface area contributed by atoms with E-state index in [1.54, 1.807) is 0 Å². The zero-order valence-electron chi connectivity index (χ0n) is 8.42. The lowest BCUT2D eigenvalue weighted by atomic mass is 10.1. The fourth-order valence-corrected chi connectivity index (χ4v) is 1.38. The normalized spacial score (nSPS) is 15.6. The van der Waals surface area contributed by atoms with Crippen LogP contribution in [-0.4, -0.2) is 24.1 Å². The number of carbonyl (C=O) groups is 1. The fourth-order valence-electron chi connectivity index (χ4n) is 1.38. The zero-order valence-corrected chi connectivity index (χ0v) is 8.42. The van der Waals surface area contributed by atoms with Crippen molar-refractivity contribution in [2.75, 3.05) is 13.2 Å². The predicted molar refractivity (Wildman–Crippen MR) is 51.0 cm³/mol. The van der Waals surface area contributed by atoms with Gasteiger partial charge in [0.15, 0.2) is 0 Å². The molecule has 76 valence electrons. The third-order valence-electron chi connectivity index (χ3n) is 2.31. The van der Waals surface area contributed by atoms with E-state index in [4.69, 9.17) is 4.84 Å². The van der Waals surface area contributed by atoms with E-state index in [0.717, 1.165) is 13.0 Å². The van der Waals surface area contributed by atoms with Gasteiger partial charge >= 0.3 is 0 Å². The highest BCUT2D eigenvalue weighted by Gasteiger charge is 2.20. The molecule has 0 spiro atoms. The molecule has 0 radical (unpaired) electrons. The summed E-state index contributed by atoms with van der Waals surface area (Å²) in [4.78, 5) is 16.2. The Morgan fingerprint density at radius 3 is 2.54 bits per heavy atom. The Morgan fingerprint density at radius 1 is 1.31 bits per heavy atom. The molecular weight excluding hydrogens is 166 g/mol. The van der Waals surface area contributed by atoms with Gasteiger partial charge in [-0.2, -0.15) is 0 Å². The number of carbonyl (C=O) groups excluding carboxylic acids is 1. The largest absolute Gasteiger partial charge is 0.273 e. The second kappa shape index (κ2) is 5.97. The van der Waals surface area contributed by atoms with E-state index < -0.39 is 0 Å².